The van der Waals surface area contributed by atoms with Crippen LogP contribution in [0, 0.1) is 0 Å². The summed E-state index contributed by atoms with van der Waals surface area (Å²) in [5, 5.41) is 1.14. The van der Waals surface area contributed by atoms with Crippen molar-refractivity contribution in [2.24, 2.45) is 4.99 Å². The van der Waals surface area contributed by atoms with Crippen molar-refractivity contribution in [3.8, 4) is 0 Å². The zero-order valence-electron chi connectivity index (χ0n) is 9.93. The summed E-state index contributed by atoms with van der Waals surface area (Å²) < 4.78 is 4.67. The van der Waals surface area contributed by atoms with Gasteiger partial charge < -0.3 is 9.72 Å². The Bertz CT molecular complexity index is 680. The van der Waals surface area contributed by atoms with Gasteiger partial charge in [-0.3, -0.25) is 4.99 Å². The second kappa shape index (κ2) is 4.14. The molecular weight excluding hydrogens is 228 g/mol. The first-order chi connectivity index (χ1) is 8.79. The molecule has 1 aromatic heterocycles. The third-order valence-corrected chi connectivity index (χ3v) is 3.06. The standard InChI is InChI=1S/C14H12N2O2/c1-18-14(17)13-6-9(7-15-13)11-8-16-12-5-3-2-4-10(11)12/h2-6,8,16H,7H2,1H3. The molecule has 0 amide bonds. The molecule has 0 saturated carbocycles. The number of carbonyl (C=O) groups is 1. The maximum atomic E-state index is 11.4. The maximum Gasteiger partial charge on any atom is 0.356 e. The van der Waals surface area contributed by atoms with Crippen molar-refractivity contribution in [2.75, 3.05) is 13.7 Å². The average Bonchev–Trinajstić information content (AvgIpc) is 3.03. The molecule has 0 spiro atoms. The van der Waals surface area contributed by atoms with Gasteiger partial charge in [0.1, 0.15) is 5.71 Å². The number of aliphatic imine (C=N–C) groups is 1. The monoisotopic (exact) mass is 240 g/mol. The highest BCUT2D eigenvalue weighted by molar-refractivity contribution is 6.43. The van der Waals surface area contributed by atoms with Crippen LogP contribution in [-0.2, 0) is 9.53 Å². The Morgan fingerprint density at radius 1 is 1.39 bits per heavy atom. The zero-order valence-corrected chi connectivity index (χ0v) is 9.93. The Morgan fingerprint density at radius 3 is 3.06 bits per heavy atom. The van der Waals surface area contributed by atoms with Crippen LogP contribution in [0.1, 0.15) is 5.56 Å². The number of methoxy groups -OCH3 is 1. The number of nitrogens with zero attached hydrogens (tertiary/aromatic N) is 1. The number of aromatic amines is 1. The number of hydrogen-bond acceptors (Lipinski definition) is 3. The molecule has 2 aromatic rings. The molecule has 3 rings (SSSR count). The highest BCUT2D eigenvalue weighted by Gasteiger charge is 2.18. The third-order valence-electron chi connectivity index (χ3n) is 3.06. The van der Waals surface area contributed by atoms with E-state index in [9.17, 15) is 4.79 Å². The Morgan fingerprint density at radius 2 is 2.22 bits per heavy atom. The minimum atomic E-state index is -0.384. The predicted molar refractivity (Wildman–Crippen MR) is 70.6 cm³/mol. The molecule has 0 saturated heterocycles. The predicted octanol–water partition coefficient (Wildman–Crippen LogP) is 2.18. The molecule has 90 valence electrons. The molecule has 0 radical (unpaired) electrons. The van der Waals surface area contributed by atoms with Crippen LogP contribution in [0.5, 0.6) is 0 Å². The summed E-state index contributed by atoms with van der Waals surface area (Å²) >= 11 is 0. The SMILES string of the molecule is COC(=O)C1=NCC(c2c[nH]c3ccccc23)=C1. The van der Waals surface area contributed by atoms with E-state index in [1.165, 1.54) is 7.11 Å². The first-order valence-electron chi connectivity index (χ1n) is 5.69. The van der Waals surface area contributed by atoms with Gasteiger partial charge in [0.2, 0.25) is 0 Å². The summed E-state index contributed by atoms with van der Waals surface area (Å²) in [5.74, 6) is -0.384. The van der Waals surface area contributed by atoms with E-state index < -0.39 is 0 Å². The Kier molecular flexibility index (Phi) is 2.48. The van der Waals surface area contributed by atoms with E-state index in [1.54, 1.807) is 6.08 Å². The quantitative estimate of drug-likeness (QED) is 0.818. The maximum absolute atomic E-state index is 11.4. The van der Waals surface area contributed by atoms with Crippen molar-refractivity contribution in [3.63, 3.8) is 0 Å². The van der Waals surface area contributed by atoms with Gasteiger partial charge in [-0.05, 0) is 17.7 Å². The summed E-state index contributed by atoms with van der Waals surface area (Å²) in [6.07, 6.45) is 3.74. The lowest BCUT2D eigenvalue weighted by atomic mass is 10.1. The lowest BCUT2D eigenvalue weighted by Crippen LogP contribution is -2.11. The van der Waals surface area contributed by atoms with Crippen molar-refractivity contribution in [3.05, 3.63) is 42.1 Å². The van der Waals surface area contributed by atoms with E-state index in [0.717, 1.165) is 22.0 Å². The summed E-state index contributed by atoms with van der Waals surface area (Å²) in [6, 6.07) is 8.06. The summed E-state index contributed by atoms with van der Waals surface area (Å²) in [6.45, 7) is 0.520. The molecule has 0 fully saturated rings. The van der Waals surface area contributed by atoms with Crippen LogP contribution in [-0.4, -0.2) is 30.3 Å². The normalized spacial score (nSPS) is 14.5. The second-order valence-electron chi connectivity index (χ2n) is 4.11. The molecule has 1 aliphatic rings. The van der Waals surface area contributed by atoms with Gasteiger partial charge in [-0.1, -0.05) is 18.2 Å². The number of aromatic nitrogens is 1. The highest BCUT2D eigenvalue weighted by atomic mass is 16.5. The Balaban J connectivity index is 2.01. The second-order valence-corrected chi connectivity index (χ2v) is 4.11. The van der Waals surface area contributed by atoms with Gasteiger partial charge in [0.25, 0.3) is 0 Å². The van der Waals surface area contributed by atoms with Crippen LogP contribution in [0.3, 0.4) is 0 Å². The smallest absolute Gasteiger partial charge is 0.356 e. The molecular formula is C14H12N2O2. The van der Waals surface area contributed by atoms with E-state index in [2.05, 4.69) is 20.8 Å². The van der Waals surface area contributed by atoms with Crippen LogP contribution >= 0.6 is 0 Å². The molecule has 1 N–H and O–H groups in total. The van der Waals surface area contributed by atoms with Crippen molar-refractivity contribution in [1.29, 1.82) is 0 Å². The molecule has 0 unspecified atom stereocenters. The minimum absolute atomic E-state index is 0.384. The number of carbonyl (C=O) groups excluding carboxylic acids is 1. The van der Waals surface area contributed by atoms with Gasteiger partial charge in [0, 0.05) is 22.7 Å². The van der Waals surface area contributed by atoms with Gasteiger partial charge in [0.05, 0.1) is 13.7 Å². The number of para-hydroxylation sites is 1. The number of esters is 1. The fourth-order valence-corrected chi connectivity index (χ4v) is 2.15. The summed E-state index contributed by atoms with van der Waals surface area (Å²) in [7, 11) is 1.36. The number of ether oxygens (including phenoxy) is 1. The van der Waals surface area contributed by atoms with Crippen LogP contribution < -0.4 is 0 Å². The molecule has 1 aromatic carbocycles. The molecule has 4 heteroatoms. The minimum Gasteiger partial charge on any atom is -0.464 e. The number of fused-ring (bicyclic) bond motifs is 1. The van der Waals surface area contributed by atoms with Gasteiger partial charge in [0.15, 0.2) is 0 Å². The van der Waals surface area contributed by atoms with E-state index in [4.69, 9.17) is 0 Å². The third kappa shape index (κ3) is 1.62. The lowest BCUT2D eigenvalue weighted by molar-refractivity contribution is -0.132. The largest absolute Gasteiger partial charge is 0.464 e. The molecule has 4 nitrogen and oxygen atoms in total. The highest BCUT2D eigenvalue weighted by Crippen LogP contribution is 2.27. The number of benzene rings is 1. The van der Waals surface area contributed by atoms with Crippen molar-refractivity contribution < 1.29 is 9.53 Å². The first-order valence-corrected chi connectivity index (χ1v) is 5.69. The van der Waals surface area contributed by atoms with Crippen molar-refractivity contribution in [2.45, 2.75) is 0 Å². The first kappa shape index (κ1) is 10.8. The topological polar surface area (TPSA) is 54.4 Å². The molecule has 0 bridgehead atoms. The van der Waals surface area contributed by atoms with Crippen LogP contribution in [0.4, 0.5) is 0 Å². The van der Waals surface area contributed by atoms with E-state index >= 15 is 0 Å². The van der Waals surface area contributed by atoms with E-state index in [0.29, 0.717) is 12.3 Å². The molecule has 0 atom stereocenters. The number of hydrogen-bond donors (Lipinski definition) is 1. The molecule has 18 heavy (non-hydrogen) atoms. The fraction of sp³-hybridized carbons (Fsp3) is 0.143. The summed E-state index contributed by atoms with van der Waals surface area (Å²) in [4.78, 5) is 18.8. The Hall–Kier alpha value is -2.36. The lowest BCUT2D eigenvalue weighted by Gasteiger charge is -1.97. The fourth-order valence-electron chi connectivity index (χ4n) is 2.15. The van der Waals surface area contributed by atoms with Crippen molar-refractivity contribution >= 4 is 28.2 Å². The Labute approximate surface area is 104 Å². The van der Waals surface area contributed by atoms with Crippen molar-refractivity contribution in [1.82, 2.24) is 4.98 Å². The number of rotatable bonds is 2. The molecule has 0 aliphatic carbocycles. The number of nitrogens with one attached hydrogen (secondary N) is 1. The molecule has 2 heterocycles. The van der Waals surface area contributed by atoms with Gasteiger partial charge >= 0.3 is 5.97 Å². The van der Waals surface area contributed by atoms with Gasteiger partial charge in [-0.25, -0.2) is 4.79 Å². The van der Waals surface area contributed by atoms with E-state index in [-0.39, 0.29) is 5.97 Å². The molecule has 1 aliphatic heterocycles. The van der Waals surface area contributed by atoms with Crippen LogP contribution in [0.15, 0.2) is 41.5 Å². The van der Waals surface area contributed by atoms with Gasteiger partial charge in [-0.2, -0.15) is 0 Å². The summed E-state index contributed by atoms with van der Waals surface area (Å²) in [5.41, 5.74) is 3.60. The number of H-pyrrole nitrogens is 1. The van der Waals surface area contributed by atoms with E-state index in [1.807, 2.05) is 24.4 Å². The van der Waals surface area contributed by atoms with Gasteiger partial charge in [-0.15, -0.1) is 0 Å². The zero-order chi connectivity index (χ0) is 12.5. The average molecular weight is 240 g/mol. The van der Waals surface area contributed by atoms with Crippen LogP contribution in [0.25, 0.3) is 16.5 Å². The van der Waals surface area contributed by atoms with Crippen LogP contribution in [0.2, 0.25) is 0 Å².